The number of aryl methyl sites for hydroxylation is 1. The van der Waals surface area contributed by atoms with Crippen LogP contribution in [-0.2, 0) is 20.1 Å². The highest BCUT2D eigenvalue weighted by atomic mass is 16.3. The second-order valence-corrected chi connectivity index (χ2v) is 6.78. The molecule has 1 aliphatic carbocycles. The third-order valence-corrected chi connectivity index (χ3v) is 4.85. The lowest BCUT2D eigenvalue weighted by Crippen LogP contribution is -2.40. The van der Waals surface area contributed by atoms with Crippen molar-refractivity contribution in [3.05, 3.63) is 47.5 Å². The Morgan fingerprint density at radius 3 is 2.43 bits per heavy atom. The number of aliphatic hydroxyl groups is 1. The van der Waals surface area contributed by atoms with Crippen LogP contribution in [0.15, 0.2) is 30.3 Å². The van der Waals surface area contributed by atoms with Crippen LogP contribution in [0, 0.1) is 6.92 Å². The van der Waals surface area contributed by atoms with Crippen LogP contribution in [0.1, 0.15) is 42.9 Å². The lowest BCUT2D eigenvalue weighted by Gasteiger charge is -2.31. The molecule has 1 N–H and O–H groups in total. The van der Waals surface area contributed by atoms with Crippen molar-refractivity contribution in [2.45, 2.75) is 51.3 Å². The van der Waals surface area contributed by atoms with E-state index in [2.05, 4.69) is 39.4 Å². The maximum atomic E-state index is 10.8. The van der Waals surface area contributed by atoms with Crippen molar-refractivity contribution in [1.82, 2.24) is 19.7 Å². The number of nitrogens with zero attached hydrogens (tertiary/aromatic N) is 4. The van der Waals surface area contributed by atoms with Crippen molar-refractivity contribution in [1.29, 1.82) is 0 Å². The van der Waals surface area contributed by atoms with Crippen molar-refractivity contribution >= 4 is 0 Å². The summed E-state index contributed by atoms with van der Waals surface area (Å²) in [5.74, 6) is 1.86. The molecule has 3 rings (SSSR count). The molecular formula is C18H26N4O. The van der Waals surface area contributed by atoms with E-state index in [1.165, 1.54) is 5.56 Å². The minimum absolute atomic E-state index is 0.553. The van der Waals surface area contributed by atoms with E-state index in [-0.39, 0.29) is 0 Å². The Morgan fingerprint density at radius 2 is 1.83 bits per heavy atom. The summed E-state index contributed by atoms with van der Waals surface area (Å²) in [5.41, 5.74) is 0.704. The van der Waals surface area contributed by atoms with Gasteiger partial charge in [0.15, 0.2) is 0 Å². The fourth-order valence-corrected chi connectivity index (χ4v) is 3.41. The largest absolute Gasteiger partial charge is 0.389 e. The fraction of sp³-hybridized carbons (Fsp3) is 0.556. The van der Waals surface area contributed by atoms with Gasteiger partial charge in [-0.15, -0.1) is 10.2 Å². The van der Waals surface area contributed by atoms with E-state index in [1.807, 2.05) is 24.6 Å². The van der Waals surface area contributed by atoms with Crippen molar-refractivity contribution in [2.75, 3.05) is 6.54 Å². The molecule has 124 valence electrons. The molecule has 1 aromatic heterocycles. The molecule has 1 fully saturated rings. The molecule has 0 aliphatic heterocycles. The molecule has 1 aliphatic rings. The van der Waals surface area contributed by atoms with Crippen LogP contribution < -0.4 is 0 Å². The topological polar surface area (TPSA) is 54.2 Å². The maximum Gasteiger partial charge on any atom is 0.146 e. The summed E-state index contributed by atoms with van der Waals surface area (Å²) < 4.78 is 2.02. The molecule has 0 spiro atoms. The van der Waals surface area contributed by atoms with Gasteiger partial charge in [0.2, 0.25) is 0 Å². The van der Waals surface area contributed by atoms with Gasteiger partial charge < -0.3 is 9.67 Å². The first-order valence-electron chi connectivity index (χ1n) is 8.39. The number of rotatable bonds is 6. The second kappa shape index (κ2) is 6.81. The molecule has 0 atom stereocenters. The van der Waals surface area contributed by atoms with E-state index < -0.39 is 5.60 Å². The zero-order valence-electron chi connectivity index (χ0n) is 14.1. The predicted molar refractivity (Wildman–Crippen MR) is 89.7 cm³/mol. The average molecular weight is 314 g/mol. The van der Waals surface area contributed by atoms with Gasteiger partial charge in [-0.1, -0.05) is 43.2 Å². The molecule has 1 aromatic carbocycles. The SMILES string of the molecule is Cc1nnc(CN(Cc2ccccc2)CC2(O)CCCC2)n1C. The molecule has 0 saturated heterocycles. The van der Waals surface area contributed by atoms with Gasteiger partial charge in [-0.05, 0) is 25.3 Å². The third-order valence-electron chi connectivity index (χ3n) is 4.85. The zero-order valence-corrected chi connectivity index (χ0v) is 14.1. The van der Waals surface area contributed by atoms with Gasteiger partial charge in [-0.3, -0.25) is 4.90 Å². The number of hydrogen-bond acceptors (Lipinski definition) is 4. The molecule has 0 unspecified atom stereocenters. The van der Waals surface area contributed by atoms with E-state index in [1.54, 1.807) is 0 Å². The molecule has 0 bridgehead atoms. The third kappa shape index (κ3) is 3.98. The highest BCUT2D eigenvalue weighted by molar-refractivity contribution is 5.14. The molecule has 0 radical (unpaired) electrons. The van der Waals surface area contributed by atoms with Crippen molar-refractivity contribution in [2.24, 2.45) is 7.05 Å². The summed E-state index contributed by atoms with van der Waals surface area (Å²) >= 11 is 0. The minimum Gasteiger partial charge on any atom is -0.389 e. The van der Waals surface area contributed by atoms with Crippen LogP contribution in [0.2, 0.25) is 0 Å². The second-order valence-electron chi connectivity index (χ2n) is 6.78. The van der Waals surface area contributed by atoms with Crippen molar-refractivity contribution in [3.63, 3.8) is 0 Å². The van der Waals surface area contributed by atoms with E-state index in [0.717, 1.165) is 43.9 Å². The molecular weight excluding hydrogens is 288 g/mol. The smallest absolute Gasteiger partial charge is 0.146 e. The Bertz CT molecular complexity index is 632. The molecule has 5 nitrogen and oxygen atoms in total. The number of hydrogen-bond donors (Lipinski definition) is 1. The maximum absolute atomic E-state index is 10.8. The molecule has 2 aromatic rings. The Morgan fingerprint density at radius 1 is 1.13 bits per heavy atom. The highest BCUT2D eigenvalue weighted by Gasteiger charge is 2.33. The van der Waals surface area contributed by atoms with Gasteiger partial charge in [0.1, 0.15) is 11.6 Å². The first-order valence-corrected chi connectivity index (χ1v) is 8.39. The standard InChI is InChI=1S/C18H26N4O/c1-15-19-20-17(21(15)2)13-22(12-16-8-4-3-5-9-16)14-18(23)10-6-7-11-18/h3-5,8-9,23H,6-7,10-14H2,1-2H3. The summed E-state index contributed by atoms with van der Waals surface area (Å²) in [4.78, 5) is 2.30. The van der Waals surface area contributed by atoms with Gasteiger partial charge in [-0.2, -0.15) is 0 Å². The van der Waals surface area contributed by atoms with Gasteiger partial charge >= 0.3 is 0 Å². The quantitative estimate of drug-likeness (QED) is 0.890. The molecule has 1 heterocycles. The van der Waals surface area contributed by atoms with E-state index >= 15 is 0 Å². The Hall–Kier alpha value is -1.72. The predicted octanol–water partition coefficient (Wildman–Crippen LogP) is 2.43. The molecule has 0 amide bonds. The van der Waals surface area contributed by atoms with Crippen LogP contribution >= 0.6 is 0 Å². The van der Waals surface area contributed by atoms with Gasteiger partial charge in [0.25, 0.3) is 0 Å². The highest BCUT2D eigenvalue weighted by Crippen LogP contribution is 2.31. The van der Waals surface area contributed by atoms with Crippen LogP contribution in [0.3, 0.4) is 0 Å². The van der Waals surface area contributed by atoms with Crippen LogP contribution in [-0.4, -0.2) is 36.9 Å². The van der Waals surface area contributed by atoms with Crippen molar-refractivity contribution < 1.29 is 5.11 Å². The molecule has 5 heteroatoms. The normalized spacial score (nSPS) is 17.0. The Labute approximate surface area is 138 Å². The minimum atomic E-state index is -0.553. The zero-order chi connectivity index (χ0) is 16.3. The number of benzene rings is 1. The Kier molecular flexibility index (Phi) is 4.78. The molecule has 1 saturated carbocycles. The van der Waals surface area contributed by atoms with Gasteiger partial charge in [-0.25, -0.2) is 0 Å². The lowest BCUT2D eigenvalue weighted by atomic mass is 10.0. The van der Waals surface area contributed by atoms with Crippen LogP contribution in [0.5, 0.6) is 0 Å². The summed E-state index contributed by atoms with van der Waals surface area (Å²) in [6.07, 6.45) is 4.05. The van der Waals surface area contributed by atoms with Crippen molar-refractivity contribution in [3.8, 4) is 0 Å². The Balaban J connectivity index is 1.76. The van der Waals surface area contributed by atoms with E-state index in [4.69, 9.17) is 0 Å². The van der Waals surface area contributed by atoms with Crippen LogP contribution in [0.4, 0.5) is 0 Å². The van der Waals surface area contributed by atoms with Gasteiger partial charge in [0.05, 0.1) is 12.1 Å². The number of aromatic nitrogens is 3. The first kappa shape index (κ1) is 16.1. The first-order chi connectivity index (χ1) is 11.1. The van der Waals surface area contributed by atoms with Crippen LogP contribution in [0.25, 0.3) is 0 Å². The summed E-state index contributed by atoms with van der Waals surface area (Å²) in [6, 6.07) is 10.4. The average Bonchev–Trinajstić information content (AvgIpc) is 3.09. The summed E-state index contributed by atoms with van der Waals surface area (Å²) in [6.45, 7) is 4.17. The van der Waals surface area contributed by atoms with E-state index in [0.29, 0.717) is 13.1 Å². The monoisotopic (exact) mass is 314 g/mol. The summed E-state index contributed by atoms with van der Waals surface area (Å²) in [7, 11) is 2.00. The molecule has 23 heavy (non-hydrogen) atoms. The van der Waals surface area contributed by atoms with Gasteiger partial charge in [0, 0.05) is 20.1 Å². The lowest BCUT2D eigenvalue weighted by molar-refractivity contribution is 0.00360. The fourth-order valence-electron chi connectivity index (χ4n) is 3.41. The summed E-state index contributed by atoms with van der Waals surface area (Å²) in [5, 5.41) is 19.2. The van der Waals surface area contributed by atoms with E-state index in [9.17, 15) is 5.11 Å².